The van der Waals surface area contributed by atoms with Crippen LogP contribution >= 0.6 is 0 Å². The van der Waals surface area contributed by atoms with E-state index < -0.39 is 97.5 Å². The van der Waals surface area contributed by atoms with Crippen LogP contribution in [-0.2, 0) is 52.7 Å². The Morgan fingerprint density at radius 2 is 0.281 bits per heavy atom. The lowest BCUT2D eigenvalue weighted by atomic mass is 9.93. The van der Waals surface area contributed by atoms with Crippen molar-refractivity contribution in [2.45, 2.75) is 0 Å². The summed E-state index contributed by atoms with van der Waals surface area (Å²) in [6.07, 6.45) is 9.17. The summed E-state index contributed by atoms with van der Waals surface area (Å²) in [6, 6.07) is 0. The molecule has 0 atom stereocenters. The molecule has 26 heteroatoms. The minimum atomic E-state index is -1.11. The zero-order chi connectivity index (χ0) is 54.5. The van der Waals surface area contributed by atoms with Crippen molar-refractivity contribution in [3.05, 3.63) is 139 Å². The van der Waals surface area contributed by atoms with Crippen LogP contribution in [-0.4, -0.2) is 169 Å². The van der Waals surface area contributed by atoms with Crippen LogP contribution in [0.4, 0.5) is 0 Å². The van der Waals surface area contributed by atoms with Gasteiger partial charge >= 0.3 is 65.7 Å². The predicted molar refractivity (Wildman–Crippen MR) is 227 cm³/mol. The first-order valence-corrected chi connectivity index (χ1v) is 15.1. The number of aliphatic carboxylic acids is 11. The summed E-state index contributed by atoms with van der Waals surface area (Å²) in [5.74, 6) is -10.8. The zero-order valence-corrected chi connectivity index (χ0v) is 34.2. The molecule has 364 valence electrons. The van der Waals surface area contributed by atoms with Crippen molar-refractivity contribution in [2.75, 3.05) is 26.4 Å². The van der Waals surface area contributed by atoms with Gasteiger partial charge in [-0.25, -0.2) is 52.7 Å². The molecule has 0 spiro atoms. The maximum absolute atomic E-state index is 9.25. The molecular formula is C38H56O26. The van der Waals surface area contributed by atoms with E-state index in [9.17, 15) is 52.7 Å². The van der Waals surface area contributed by atoms with Gasteiger partial charge in [0.05, 0.1) is 31.8 Å². The highest BCUT2D eigenvalue weighted by Gasteiger charge is 2.26. The molecule has 0 aliphatic heterocycles. The van der Waals surface area contributed by atoms with E-state index >= 15 is 0 Å². The molecule has 0 fully saturated rings. The van der Waals surface area contributed by atoms with Crippen molar-refractivity contribution in [1.29, 1.82) is 0 Å². The van der Waals surface area contributed by atoms with Gasteiger partial charge in [-0.3, -0.25) is 0 Å². The monoisotopic (exact) mass is 928 g/mol. The number of aliphatic hydroxyl groups excluding tert-OH is 4. The van der Waals surface area contributed by atoms with Crippen molar-refractivity contribution < 1.29 is 129 Å². The van der Waals surface area contributed by atoms with Gasteiger partial charge in [-0.15, -0.1) is 0 Å². The smallest absolute Gasteiger partial charge is 0.327 e. The van der Waals surface area contributed by atoms with Crippen molar-refractivity contribution >= 4 is 65.7 Å². The predicted octanol–water partition coefficient (Wildman–Crippen LogP) is 0.769. The highest BCUT2D eigenvalue weighted by atomic mass is 16.4. The summed E-state index contributed by atoms with van der Waals surface area (Å²) >= 11 is 0. The van der Waals surface area contributed by atoms with Gasteiger partial charge in [0.15, 0.2) is 0 Å². The van der Waals surface area contributed by atoms with E-state index in [0.717, 1.165) is 66.8 Å². The van der Waals surface area contributed by atoms with E-state index in [-0.39, 0.29) is 0 Å². The highest BCUT2D eigenvalue weighted by molar-refractivity contribution is 5.81. The lowest BCUT2D eigenvalue weighted by molar-refractivity contribution is -0.132. The van der Waals surface area contributed by atoms with Crippen molar-refractivity contribution in [2.24, 2.45) is 5.41 Å². The molecule has 0 heterocycles. The quantitative estimate of drug-likeness (QED) is 0.101. The Balaban J connectivity index is -0.0000000463. The number of carbonyl (C=O) groups is 11. The first kappa shape index (κ1) is 86.9. The molecule has 0 aromatic heterocycles. The molecular weight excluding hydrogens is 872 g/mol. The Morgan fingerprint density at radius 3 is 0.281 bits per heavy atom. The summed E-state index contributed by atoms with van der Waals surface area (Å²) in [4.78, 5) is 102. The van der Waals surface area contributed by atoms with E-state index in [1.54, 1.807) is 0 Å². The normalized spacial score (nSPS) is 7.19. The lowest BCUT2D eigenvalue weighted by Gasteiger charge is -2.23. The van der Waals surface area contributed by atoms with Gasteiger partial charge in [0.2, 0.25) is 0 Å². The van der Waals surface area contributed by atoms with E-state index in [0.29, 0.717) is 0 Å². The van der Waals surface area contributed by atoms with Crippen LogP contribution in [0, 0.1) is 5.41 Å². The topological polar surface area (TPSA) is 491 Å². The van der Waals surface area contributed by atoms with Crippen LogP contribution in [0.15, 0.2) is 139 Å². The molecule has 0 aromatic rings. The van der Waals surface area contributed by atoms with E-state index in [4.69, 9.17) is 76.6 Å². The lowest BCUT2D eigenvalue weighted by Crippen LogP contribution is -2.37. The van der Waals surface area contributed by atoms with E-state index in [1.807, 2.05) is 0 Å². The SMILES string of the molecule is C=CC(=O)O.C=CC(=O)O.C=CC(=O)O.C=CC(=O)O.C=CC(=O)O.C=CC(=O)O.C=CC(=O)O.C=CC(=O)O.C=CC(=O)O.C=CC(=O)O.C=CC(=O)O.OCC(CO)(CO)CO. The first-order valence-electron chi connectivity index (χ1n) is 15.1. The standard InChI is InChI=1S/C5H12O4.11C3H4O2/c6-1-5(2-7,3-8)4-9;11*1-2-3(4)5/h6-9H,1-4H2;11*2H,1H2,(H,4,5). The number of carboxylic acid groups (broad SMARTS) is 11. The molecule has 0 radical (unpaired) electrons. The minimum Gasteiger partial charge on any atom is -0.478 e. The van der Waals surface area contributed by atoms with Gasteiger partial charge in [-0.1, -0.05) is 72.4 Å². The van der Waals surface area contributed by atoms with Crippen LogP contribution < -0.4 is 0 Å². The number of hydrogen-bond donors (Lipinski definition) is 15. The van der Waals surface area contributed by atoms with E-state index in [1.165, 1.54) is 0 Å². The third kappa shape index (κ3) is 229. The summed E-state index contributed by atoms with van der Waals surface area (Å²) in [7, 11) is 0. The molecule has 0 unspecified atom stereocenters. The summed E-state index contributed by atoms with van der Waals surface area (Å²) < 4.78 is 0. The fourth-order valence-corrected chi connectivity index (χ4v) is 0.300. The molecule has 26 nitrogen and oxygen atoms in total. The Labute approximate surface area is 365 Å². The number of hydrogen-bond acceptors (Lipinski definition) is 15. The number of carboxylic acids is 11. The second-order valence-electron chi connectivity index (χ2n) is 8.10. The minimum absolute atomic E-state index is 0.406. The third-order valence-corrected chi connectivity index (χ3v) is 3.26. The molecule has 0 bridgehead atoms. The van der Waals surface area contributed by atoms with Crippen LogP contribution in [0.2, 0.25) is 0 Å². The van der Waals surface area contributed by atoms with Crippen molar-refractivity contribution in [1.82, 2.24) is 0 Å². The average molecular weight is 929 g/mol. The van der Waals surface area contributed by atoms with Crippen LogP contribution in [0.5, 0.6) is 0 Å². The fourth-order valence-electron chi connectivity index (χ4n) is 0.300. The average Bonchev–Trinajstić information content (AvgIpc) is 3.26. The fraction of sp³-hybridized carbons (Fsp3) is 0.132. The summed E-state index contributed by atoms with van der Waals surface area (Å²) in [6.45, 7) is 30.9. The second kappa shape index (κ2) is 75.0. The molecule has 64 heavy (non-hydrogen) atoms. The van der Waals surface area contributed by atoms with Crippen LogP contribution in [0.25, 0.3) is 0 Å². The van der Waals surface area contributed by atoms with Gasteiger partial charge in [0.1, 0.15) is 0 Å². The first-order chi connectivity index (χ1) is 29.2. The molecule has 15 N–H and O–H groups in total. The maximum atomic E-state index is 9.25. The zero-order valence-electron chi connectivity index (χ0n) is 34.2. The second-order valence-corrected chi connectivity index (χ2v) is 8.10. The Kier molecular flexibility index (Phi) is 102. The van der Waals surface area contributed by atoms with E-state index in [2.05, 4.69) is 72.4 Å². The highest BCUT2D eigenvalue weighted by Crippen LogP contribution is 2.11. The van der Waals surface area contributed by atoms with Gasteiger partial charge in [0.25, 0.3) is 0 Å². The van der Waals surface area contributed by atoms with Gasteiger partial charge in [0, 0.05) is 66.8 Å². The largest absolute Gasteiger partial charge is 0.478 e. The van der Waals surface area contributed by atoms with Crippen LogP contribution in [0.1, 0.15) is 0 Å². The molecule has 0 saturated carbocycles. The number of aliphatic hydroxyl groups is 4. The van der Waals surface area contributed by atoms with Crippen molar-refractivity contribution in [3.8, 4) is 0 Å². The molecule has 0 amide bonds. The van der Waals surface area contributed by atoms with Gasteiger partial charge < -0.3 is 76.6 Å². The molecule has 0 aliphatic carbocycles. The molecule has 0 aliphatic rings. The van der Waals surface area contributed by atoms with Crippen LogP contribution in [0.3, 0.4) is 0 Å². The van der Waals surface area contributed by atoms with Gasteiger partial charge in [-0.2, -0.15) is 0 Å². The van der Waals surface area contributed by atoms with Crippen molar-refractivity contribution in [3.63, 3.8) is 0 Å². The molecule has 0 aromatic carbocycles. The number of rotatable bonds is 15. The summed E-state index contributed by atoms with van der Waals surface area (Å²) in [5.41, 5.74) is -1.11. The summed E-state index contributed by atoms with van der Waals surface area (Å²) in [5, 5.41) is 118. The Hall–Kier alpha value is -8.85. The van der Waals surface area contributed by atoms with Gasteiger partial charge in [-0.05, 0) is 0 Å². The third-order valence-electron chi connectivity index (χ3n) is 3.26. The molecule has 0 rings (SSSR count). The Morgan fingerprint density at radius 1 is 0.234 bits per heavy atom. The molecule has 0 saturated heterocycles. The Bertz CT molecular complexity index is 1110. The maximum Gasteiger partial charge on any atom is 0.327 e.